The van der Waals surface area contributed by atoms with Gasteiger partial charge >= 0.3 is 0 Å². The zero-order valence-corrected chi connectivity index (χ0v) is 9.96. The number of benzene rings is 1. The van der Waals surface area contributed by atoms with Crippen LogP contribution >= 0.6 is 0 Å². The van der Waals surface area contributed by atoms with Crippen molar-refractivity contribution in [2.75, 3.05) is 0 Å². The number of nitriles is 1. The van der Waals surface area contributed by atoms with Gasteiger partial charge in [0, 0.05) is 0 Å². The fourth-order valence-electron chi connectivity index (χ4n) is 1.66. The third-order valence-corrected chi connectivity index (χ3v) is 3.01. The fourth-order valence-corrected chi connectivity index (χ4v) is 1.66. The van der Waals surface area contributed by atoms with E-state index in [1.807, 2.05) is 12.1 Å². The zero-order valence-electron chi connectivity index (χ0n) is 9.96. The SMILES string of the molecule is CCC(C)CCCc1ccc(C#N)c(F)c1. The molecule has 0 amide bonds. The van der Waals surface area contributed by atoms with Gasteiger partial charge in [-0.05, 0) is 36.5 Å². The van der Waals surface area contributed by atoms with Crippen LogP contribution in [0.4, 0.5) is 4.39 Å². The maximum Gasteiger partial charge on any atom is 0.141 e. The van der Waals surface area contributed by atoms with E-state index in [0.29, 0.717) is 0 Å². The Morgan fingerprint density at radius 1 is 1.44 bits per heavy atom. The Morgan fingerprint density at radius 3 is 2.75 bits per heavy atom. The Morgan fingerprint density at radius 2 is 2.19 bits per heavy atom. The third-order valence-electron chi connectivity index (χ3n) is 3.01. The monoisotopic (exact) mass is 219 g/mol. The van der Waals surface area contributed by atoms with E-state index >= 15 is 0 Å². The highest BCUT2D eigenvalue weighted by molar-refractivity contribution is 5.33. The van der Waals surface area contributed by atoms with Gasteiger partial charge in [-0.25, -0.2) is 4.39 Å². The number of hydrogen-bond acceptors (Lipinski definition) is 1. The molecule has 1 unspecified atom stereocenters. The number of nitrogens with zero attached hydrogens (tertiary/aromatic N) is 1. The van der Waals surface area contributed by atoms with Crippen molar-refractivity contribution < 1.29 is 4.39 Å². The Labute approximate surface area is 96.9 Å². The minimum Gasteiger partial charge on any atom is -0.206 e. The standard InChI is InChI=1S/C14H18FN/c1-3-11(2)5-4-6-12-7-8-13(10-16)14(15)9-12/h7-9,11H,3-6H2,1-2H3. The van der Waals surface area contributed by atoms with E-state index in [1.165, 1.54) is 18.9 Å². The Kier molecular flexibility index (Phi) is 4.98. The van der Waals surface area contributed by atoms with Crippen molar-refractivity contribution in [3.8, 4) is 6.07 Å². The minimum atomic E-state index is -0.400. The van der Waals surface area contributed by atoms with Crippen LogP contribution in [-0.4, -0.2) is 0 Å². The van der Waals surface area contributed by atoms with Crippen LogP contribution in [0.3, 0.4) is 0 Å². The molecule has 0 aliphatic heterocycles. The van der Waals surface area contributed by atoms with Gasteiger partial charge in [-0.1, -0.05) is 32.8 Å². The van der Waals surface area contributed by atoms with Crippen LogP contribution < -0.4 is 0 Å². The molecule has 16 heavy (non-hydrogen) atoms. The lowest BCUT2D eigenvalue weighted by Crippen LogP contribution is -1.95. The van der Waals surface area contributed by atoms with Gasteiger partial charge in [0.25, 0.3) is 0 Å². The Bertz CT molecular complexity index is 379. The van der Waals surface area contributed by atoms with Crippen LogP contribution in [0, 0.1) is 23.1 Å². The van der Waals surface area contributed by atoms with Crippen LogP contribution in [-0.2, 0) is 6.42 Å². The van der Waals surface area contributed by atoms with Crippen LogP contribution in [0.15, 0.2) is 18.2 Å². The summed E-state index contributed by atoms with van der Waals surface area (Å²) in [6.45, 7) is 4.42. The van der Waals surface area contributed by atoms with Gasteiger partial charge < -0.3 is 0 Å². The summed E-state index contributed by atoms with van der Waals surface area (Å²) in [5.41, 5.74) is 1.12. The summed E-state index contributed by atoms with van der Waals surface area (Å²) in [6, 6.07) is 6.72. The molecule has 0 saturated carbocycles. The van der Waals surface area contributed by atoms with Gasteiger partial charge in [0.05, 0.1) is 5.56 Å². The maximum absolute atomic E-state index is 13.3. The van der Waals surface area contributed by atoms with Crippen LogP contribution in [0.5, 0.6) is 0 Å². The molecule has 1 rings (SSSR count). The summed E-state index contributed by atoms with van der Waals surface area (Å²) in [6.07, 6.45) is 4.35. The van der Waals surface area contributed by atoms with Crippen molar-refractivity contribution in [1.82, 2.24) is 0 Å². The van der Waals surface area contributed by atoms with E-state index in [0.717, 1.165) is 24.3 Å². The molecule has 0 aliphatic carbocycles. The topological polar surface area (TPSA) is 23.8 Å². The highest BCUT2D eigenvalue weighted by Gasteiger charge is 2.03. The van der Waals surface area contributed by atoms with E-state index in [-0.39, 0.29) is 5.56 Å². The second-order valence-corrected chi connectivity index (χ2v) is 4.33. The summed E-state index contributed by atoms with van der Waals surface area (Å²) >= 11 is 0. The first-order valence-electron chi connectivity index (χ1n) is 5.86. The minimum absolute atomic E-state index is 0.130. The predicted molar refractivity (Wildman–Crippen MR) is 63.5 cm³/mol. The molecule has 0 N–H and O–H groups in total. The average molecular weight is 219 g/mol. The second kappa shape index (κ2) is 6.27. The Balaban J connectivity index is 2.50. The first-order valence-corrected chi connectivity index (χ1v) is 5.86. The van der Waals surface area contributed by atoms with Crippen molar-refractivity contribution in [1.29, 1.82) is 5.26 Å². The highest BCUT2D eigenvalue weighted by Crippen LogP contribution is 2.15. The molecule has 0 bridgehead atoms. The van der Waals surface area contributed by atoms with Crippen molar-refractivity contribution in [3.63, 3.8) is 0 Å². The van der Waals surface area contributed by atoms with Gasteiger partial charge in [-0.3, -0.25) is 0 Å². The zero-order chi connectivity index (χ0) is 12.0. The van der Waals surface area contributed by atoms with E-state index in [9.17, 15) is 4.39 Å². The maximum atomic E-state index is 13.3. The lowest BCUT2D eigenvalue weighted by atomic mass is 9.99. The normalized spacial score (nSPS) is 12.1. The van der Waals surface area contributed by atoms with E-state index in [4.69, 9.17) is 5.26 Å². The van der Waals surface area contributed by atoms with Crippen LogP contribution in [0.2, 0.25) is 0 Å². The van der Waals surface area contributed by atoms with Crippen molar-refractivity contribution >= 4 is 0 Å². The molecule has 0 heterocycles. The molecule has 1 aromatic carbocycles. The molecular formula is C14H18FN. The quantitative estimate of drug-likeness (QED) is 0.732. The van der Waals surface area contributed by atoms with Gasteiger partial charge in [0.2, 0.25) is 0 Å². The lowest BCUT2D eigenvalue weighted by Gasteiger charge is -2.07. The molecule has 86 valence electrons. The Hall–Kier alpha value is -1.36. The molecular weight excluding hydrogens is 201 g/mol. The van der Waals surface area contributed by atoms with Gasteiger partial charge in [-0.2, -0.15) is 5.26 Å². The number of aryl methyl sites for hydroxylation is 1. The summed E-state index contributed by atoms with van der Waals surface area (Å²) in [5, 5.41) is 8.60. The largest absolute Gasteiger partial charge is 0.206 e. The molecule has 0 aromatic heterocycles. The summed E-state index contributed by atoms with van der Waals surface area (Å²) in [5.74, 6) is 0.340. The van der Waals surface area contributed by atoms with E-state index in [2.05, 4.69) is 13.8 Å². The van der Waals surface area contributed by atoms with Gasteiger partial charge in [0.15, 0.2) is 0 Å². The molecule has 1 aromatic rings. The fraction of sp³-hybridized carbons (Fsp3) is 0.500. The second-order valence-electron chi connectivity index (χ2n) is 4.33. The molecule has 0 radical (unpaired) electrons. The van der Waals surface area contributed by atoms with Crippen molar-refractivity contribution in [2.45, 2.75) is 39.5 Å². The van der Waals surface area contributed by atoms with Crippen LogP contribution in [0.1, 0.15) is 44.2 Å². The molecule has 0 aliphatic rings. The summed E-state index contributed by atoms with van der Waals surface area (Å²) in [4.78, 5) is 0. The van der Waals surface area contributed by atoms with Gasteiger partial charge in [0.1, 0.15) is 11.9 Å². The number of halogens is 1. The molecule has 0 spiro atoms. The number of hydrogen-bond donors (Lipinski definition) is 0. The summed E-state index contributed by atoms with van der Waals surface area (Å²) in [7, 11) is 0. The molecule has 1 atom stereocenters. The molecule has 1 nitrogen and oxygen atoms in total. The third kappa shape index (κ3) is 3.66. The van der Waals surface area contributed by atoms with Crippen molar-refractivity contribution in [2.24, 2.45) is 5.92 Å². The van der Waals surface area contributed by atoms with E-state index in [1.54, 1.807) is 6.07 Å². The van der Waals surface area contributed by atoms with Crippen LogP contribution in [0.25, 0.3) is 0 Å². The highest BCUT2D eigenvalue weighted by atomic mass is 19.1. The molecule has 0 fully saturated rings. The summed E-state index contributed by atoms with van der Waals surface area (Å²) < 4.78 is 13.3. The average Bonchev–Trinajstić information content (AvgIpc) is 2.29. The number of rotatable bonds is 5. The predicted octanol–water partition coefficient (Wildman–Crippen LogP) is 4.07. The molecule has 0 saturated heterocycles. The van der Waals surface area contributed by atoms with Gasteiger partial charge in [-0.15, -0.1) is 0 Å². The molecule has 2 heteroatoms. The van der Waals surface area contributed by atoms with E-state index < -0.39 is 5.82 Å². The lowest BCUT2D eigenvalue weighted by molar-refractivity contribution is 0.495. The smallest absolute Gasteiger partial charge is 0.141 e. The van der Waals surface area contributed by atoms with Crippen molar-refractivity contribution in [3.05, 3.63) is 35.1 Å². The first-order chi connectivity index (χ1) is 7.67. The first kappa shape index (κ1) is 12.7.